The van der Waals surface area contributed by atoms with Gasteiger partial charge in [-0.2, -0.15) is 0 Å². The molecule has 1 atom stereocenters. The molecule has 1 N–H and O–H groups in total. The summed E-state index contributed by atoms with van der Waals surface area (Å²) < 4.78 is 8.16. The SMILES string of the molecule is CC1(C)C=C(N2CCN(c3cccc4nc(CNC5CCCc6cccnc65)cn34)CC2)O1. The van der Waals surface area contributed by atoms with E-state index in [2.05, 4.69) is 74.9 Å². The average molecular weight is 445 g/mol. The van der Waals surface area contributed by atoms with E-state index in [1.807, 2.05) is 12.3 Å². The van der Waals surface area contributed by atoms with Crippen molar-refractivity contribution >= 4 is 11.5 Å². The fourth-order valence-corrected chi connectivity index (χ4v) is 5.30. The maximum Gasteiger partial charge on any atom is 0.190 e. The van der Waals surface area contributed by atoms with Crippen LogP contribution in [0.3, 0.4) is 0 Å². The number of hydrogen-bond donors (Lipinski definition) is 1. The second-order valence-corrected chi connectivity index (χ2v) is 9.88. The highest BCUT2D eigenvalue weighted by atomic mass is 16.5. The van der Waals surface area contributed by atoms with E-state index in [1.54, 1.807) is 0 Å². The molecule has 2 aliphatic heterocycles. The van der Waals surface area contributed by atoms with Crippen molar-refractivity contribution in [3.05, 3.63) is 71.6 Å². The molecule has 7 heteroatoms. The molecule has 6 rings (SSSR count). The smallest absolute Gasteiger partial charge is 0.190 e. The molecule has 1 saturated heterocycles. The summed E-state index contributed by atoms with van der Waals surface area (Å²) >= 11 is 0. The topological polar surface area (TPSA) is 57.9 Å². The molecule has 3 aromatic heterocycles. The van der Waals surface area contributed by atoms with E-state index in [-0.39, 0.29) is 5.60 Å². The van der Waals surface area contributed by atoms with Crippen LogP contribution in [-0.2, 0) is 17.7 Å². The third kappa shape index (κ3) is 3.95. The normalized spacial score (nSPS) is 21.9. The van der Waals surface area contributed by atoms with Gasteiger partial charge in [0.15, 0.2) is 5.88 Å². The molecule has 1 unspecified atom stereocenters. The van der Waals surface area contributed by atoms with Crippen LogP contribution in [0.25, 0.3) is 5.65 Å². The maximum absolute atomic E-state index is 5.92. The van der Waals surface area contributed by atoms with Gasteiger partial charge in [-0.1, -0.05) is 12.1 Å². The Morgan fingerprint density at radius 2 is 1.91 bits per heavy atom. The van der Waals surface area contributed by atoms with Crippen LogP contribution in [0.15, 0.2) is 54.7 Å². The van der Waals surface area contributed by atoms with Crippen LogP contribution >= 0.6 is 0 Å². The van der Waals surface area contributed by atoms with Crippen molar-refractivity contribution in [3.8, 4) is 0 Å². The van der Waals surface area contributed by atoms with Crippen LogP contribution in [0.4, 0.5) is 5.82 Å². The molecule has 33 heavy (non-hydrogen) atoms. The third-order valence-corrected chi connectivity index (χ3v) is 7.00. The number of imidazole rings is 1. The third-order valence-electron chi connectivity index (χ3n) is 7.00. The fraction of sp³-hybridized carbons (Fsp3) is 0.462. The molecule has 1 aliphatic carbocycles. The van der Waals surface area contributed by atoms with Gasteiger partial charge in [-0.3, -0.25) is 9.38 Å². The molecule has 7 nitrogen and oxygen atoms in total. The summed E-state index contributed by atoms with van der Waals surface area (Å²) in [6.07, 6.45) is 9.78. The predicted octanol–water partition coefficient (Wildman–Crippen LogP) is 3.67. The lowest BCUT2D eigenvalue weighted by atomic mass is 9.92. The lowest BCUT2D eigenvalue weighted by Crippen LogP contribution is -2.50. The maximum atomic E-state index is 5.92. The fourth-order valence-electron chi connectivity index (χ4n) is 5.30. The first-order chi connectivity index (χ1) is 16.1. The van der Waals surface area contributed by atoms with Crippen LogP contribution < -0.4 is 10.2 Å². The van der Waals surface area contributed by atoms with Crippen molar-refractivity contribution in [2.24, 2.45) is 0 Å². The second kappa shape index (κ2) is 8.06. The van der Waals surface area contributed by atoms with Gasteiger partial charge in [-0.15, -0.1) is 0 Å². The summed E-state index contributed by atoms with van der Waals surface area (Å²) in [7, 11) is 0. The molecular formula is C26H32N6O. The number of aryl methyl sites for hydroxylation is 1. The van der Waals surface area contributed by atoms with E-state index in [4.69, 9.17) is 9.72 Å². The molecule has 3 aromatic rings. The van der Waals surface area contributed by atoms with Gasteiger partial charge in [0.1, 0.15) is 17.1 Å². The number of nitrogens with zero attached hydrogens (tertiary/aromatic N) is 5. The van der Waals surface area contributed by atoms with E-state index in [1.165, 1.54) is 23.5 Å². The van der Waals surface area contributed by atoms with Crippen molar-refractivity contribution in [1.82, 2.24) is 24.6 Å². The molecule has 0 aromatic carbocycles. The zero-order valence-corrected chi connectivity index (χ0v) is 19.5. The number of piperazine rings is 1. The summed E-state index contributed by atoms with van der Waals surface area (Å²) in [6, 6.07) is 11.0. The Morgan fingerprint density at radius 3 is 2.73 bits per heavy atom. The highest BCUT2D eigenvalue weighted by Crippen LogP contribution is 2.32. The number of nitrogens with one attached hydrogen (secondary N) is 1. The monoisotopic (exact) mass is 444 g/mol. The van der Waals surface area contributed by atoms with E-state index in [9.17, 15) is 0 Å². The van der Waals surface area contributed by atoms with Crippen LogP contribution in [0.5, 0.6) is 0 Å². The van der Waals surface area contributed by atoms with Crippen molar-refractivity contribution in [1.29, 1.82) is 0 Å². The molecule has 172 valence electrons. The van der Waals surface area contributed by atoms with Gasteiger partial charge in [0, 0.05) is 51.2 Å². The van der Waals surface area contributed by atoms with Crippen molar-refractivity contribution < 1.29 is 4.74 Å². The van der Waals surface area contributed by atoms with Crippen LogP contribution in [-0.4, -0.2) is 51.0 Å². The summed E-state index contributed by atoms with van der Waals surface area (Å²) in [4.78, 5) is 14.4. The summed E-state index contributed by atoms with van der Waals surface area (Å²) in [5.41, 5.74) is 4.54. The van der Waals surface area contributed by atoms with E-state index in [0.717, 1.165) is 62.8 Å². The van der Waals surface area contributed by atoms with Crippen molar-refractivity contribution in [2.75, 3.05) is 31.1 Å². The molecule has 0 amide bonds. The number of ether oxygens (including phenoxy) is 1. The summed E-state index contributed by atoms with van der Waals surface area (Å²) in [5.74, 6) is 2.24. The Kier molecular flexibility index (Phi) is 5.02. The number of fused-ring (bicyclic) bond motifs is 2. The minimum Gasteiger partial charge on any atom is -0.469 e. The summed E-state index contributed by atoms with van der Waals surface area (Å²) in [5, 5.41) is 3.71. The largest absolute Gasteiger partial charge is 0.469 e. The Morgan fingerprint density at radius 1 is 1.09 bits per heavy atom. The minimum atomic E-state index is -0.116. The van der Waals surface area contributed by atoms with E-state index < -0.39 is 0 Å². The Labute approximate surface area is 195 Å². The second-order valence-electron chi connectivity index (χ2n) is 9.88. The number of hydrogen-bond acceptors (Lipinski definition) is 6. The van der Waals surface area contributed by atoms with Crippen LogP contribution in [0.1, 0.15) is 49.7 Å². The highest BCUT2D eigenvalue weighted by Gasteiger charge is 2.33. The quantitative estimate of drug-likeness (QED) is 0.648. The van der Waals surface area contributed by atoms with Crippen molar-refractivity contribution in [2.45, 2.75) is 51.3 Å². The Bertz CT molecular complexity index is 1190. The Balaban J connectivity index is 1.15. The van der Waals surface area contributed by atoms with Crippen LogP contribution in [0.2, 0.25) is 0 Å². The van der Waals surface area contributed by atoms with Gasteiger partial charge in [0.2, 0.25) is 0 Å². The van der Waals surface area contributed by atoms with Gasteiger partial charge in [-0.25, -0.2) is 4.98 Å². The van der Waals surface area contributed by atoms with Gasteiger partial charge >= 0.3 is 0 Å². The lowest BCUT2D eigenvalue weighted by Gasteiger charge is -2.44. The molecule has 0 bridgehead atoms. The van der Waals surface area contributed by atoms with E-state index >= 15 is 0 Å². The van der Waals surface area contributed by atoms with Crippen LogP contribution in [0, 0.1) is 0 Å². The zero-order valence-electron chi connectivity index (χ0n) is 19.5. The van der Waals surface area contributed by atoms with Crippen molar-refractivity contribution in [3.63, 3.8) is 0 Å². The molecular weight excluding hydrogens is 412 g/mol. The minimum absolute atomic E-state index is 0.116. The van der Waals surface area contributed by atoms with Gasteiger partial charge in [0.05, 0.1) is 17.4 Å². The van der Waals surface area contributed by atoms with Gasteiger partial charge < -0.3 is 19.9 Å². The highest BCUT2D eigenvalue weighted by molar-refractivity contribution is 5.53. The first-order valence-corrected chi connectivity index (χ1v) is 12.1. The summed E-state index contributed by atoms with van der Waals surface area (Å²) in [6.45, 7) is 8.82. The van der Waals surface area contributed by atoms with Gasteiger partial charge in [-0.05, 0) is 56.9 Å². The molecule has 5 heterocycles. The molecule has 3 aliphatic rings. The number of rotatable bonds is 5. The number of anilines is 1. The first-order valence-electron chi connectivity index (χ1n) is 12.1. The molecule has 0 spiro atoms. The lowest BCUT2D eigenvalue weighted by molar-refractivity contribution is -0.0305. The zero-order chi connectivity index (χ0) is 22.4. The Hall–Kier alpha value is -3.06. The molecule has 1 fully saturated rings. The molecule has 0 radical (unpaired) electrons. The van der Waals surface area contributed by atoms with Gasteiger partial charge in [0.25, 0.3) is 0 Å². The first kappa shape index (κ1) is 20.5. The average Bonchev–Trinajstić information content (AvgIpc) is 3.24. The molecule has 0 saturated carbocycles. The number of aromatic nitrogens is 3. The standard InChI is InChI=1S/C26H32N6O/c1-26(2)16-24(33-26)31-14-12-30(13-15-31)23-10-4-9-22-29-20(18-32(22)23)17-28-21-8-3-6-19-7-5-11-27-25(19)21/h4-5,7,9-11,16,18,21,28H,3,6,8,12-15,17H2,1-2H3. The van der Waals surface area contributed by atoms with E-state index in [0.29, 0.717) is 6.04 Å². The number of pyridine rings is 2. The predicted molar refractivity (Wildman–Crippen MR) is 129 cm³/mol.